The van der Waals surface area contributed by atoms with Gasteiger partial charge in [0.15, 0.2) is 0 Å². The molecular weight excluding hydrogens is 324 g/mol. The van der Waals surface area contributed by atoms with Crippen molar-refractivity contribution in [1.29, 1.82) is 0 Å². The van der Waals surface area contributed by atoms with Crippen LogP contribution >= 0.6 is 0 Å². The molecule has 4 fully saturated rings. The second-order valence-electron chi connectivity index (χ2n) is 8.71. The summed E-state index contributed by atoms with van der Waals surface area (Å²) in [5.41, 5.74) is 1.35. The summed E-state index contributed by atoms with van der Waals surface area (Å²) in [7, 11) is 0. The van der Waals surface area contributed by atoms with Crippen LogP contribution in [0.4, 0.5) is 5.69 Å². The van der Waals surface area contributed by atoms with Crippen molar-refractivity contribution in [3.05, 3.63) is 29.8 Å². The second-order valence-corrected chi connectivity index (χ2v) is 8.71. The minimum absolute atomic E-state index is 0.0500. The lowest BCUT2D eigenvalue weighted by molar-refractivity contribution is -0.140. The zero-order valence-corrected chi connectivity index (χ0v) is 16.0. The Morgan fingerprint density at radius 2 is 1.46 bits per heavy atom. The molecule has 140 valence electrons. The molecule has 4 nitrogen and oxygen atoms in total. The van der Waals surface area contributed by atoms with E-state index in [1.165, 1.54) is 19.3 Å². The van der Waals surface area contributed by atoms with Gasteiger partial charge in [0.05, 0.1) is 5.41 Å². The molecule has 4 aliphatic carbocycles. The number of rotatable bonds is 5. The van der Waals surface area contributed by atoms with E-state index in [0.29, 0.717) is 18.7 Å². The third kappa shape index (κ3) is 3.04. The standard InChI is InChI=1S/C22H30N2O2/c1-3-24(4-2)20(25)18-5-7-19(8-6-18)23-21(26)22-12-15-9-16(13-22)11-17(10-15)14-22/h5-8,15-17H,3-4,9-14H2,1-2H3,(H,23,26). The van der Waals surface area contributed by atoms with Crippen LogP contribution in [0.1, 0.15) is 62.7 Å². The third-order valence-corrected chi connectivity index (χ3v) is 6.96. The zero-order valence-electron chi connectivity index (χ0n) is 16.0. The molecule has 26 heavy (non-hydrogen) atoms. The lowest BCUT2D eigenvalue weighted by Gasteiger charge is -2.55. The Bertz CT molecular complexity index is 655. The molecule has 4 saturated carbocycles. The largest absolute Gasteiger partial charge is 0.339 e. The van der Waals surface area contributed by atoms with Crippen LogP contribution in [0.5, 0.6) is 0 Å². The number of hydrogen-bond acceptors (Lipinski definition) is 2. The van der Waals surface area contributed by atoms with E-state index in [2.05, 4.69) is 5.32 Å². The van der Waals surface area contributed by atoms with Crippen LogP contribution < -0.4 is 5.32 Å². The van der Waals surface area contributed by atoms with Crippen LogP contribution in [0.15, 0.2) is 24.3 Å². The van der Waals surface area contributed by atoms with Gasteiger partial charge in [0.25, 0.3) is 5.91 Å². The molecule has 5 rings (SSSR count). The Hall–Kier alpha value is -1.84. The SMILES string of the molecule is CCN(CC)C(=O)c1ccc(NC(=O)C23CC4CC(CC(C4)C2)C3)cc1. The molecule has 0 aromatic heterocycles. The first kappa shape index (κ1) is 17.6. The van der Waals surface area contributed by atoms with Gasteiger partial charge < -0.3 is 10.2 Å². The zero-order chi connectivity index (χ0) is 18.3. The number of amides is 2. The van der Waals surface area contributed by atoms with Crippen molar-refractivity contribution < 1.29 is 9.59 Å². The molecule has 0 spiro atoms. The molecular formula is C22H30N2O2. The van der Waals surface area contributed by atoms with Crippen LogP contribution in [0.2, 0.25) is 0 Å². The first-order chi connectivity index (χ1) is 12.5. The number of nitrogens with one attached hydrogen (secondary N) is 1. The van der Waals surface area contributed by atoms with Gasteiger partial charge in [0.1, 0.15) is 0 Å². The summed E-state index contributed by atoms with van der Waals surface area (Å²) in [6.07, 6.45) is 7.24. The molecule has 4 heteroatoms. The molecule has 0 heterocycles. The monoisotopic (exact) mass is 354 g/mol. The molecule has 4 aliphatic rings. The Labute approximate surface area is 156 Å². The smallest absolute Gasteiger partial charge is 0.253 e. The van der Waals surface area contributed by atoms with Gasteiger partial charge in [-0.15, -0.1) is 0 Å². The van der Waals surface area contributed by atoms with Gasteiger partial charge in [-0.25, -0.2) is 0 Å². The summed E-state index contributed by atoms with van der Waals surface area (Å²) in [5.74, 6) is 2.55. The molecule has 0 radical (unpaired) electrons. The highest BCUT2D eigenvalue weighted by atomic mass is 16.2. The van der Waals surface area contributed by atoms with Crippen molar-refractivity contribution in [3.8, 4) is 0 Å². The van der Waals surface area contributed by atoms with Gasteiger partial charge in [0, 0.05) is 24.3 Å². The maximum Gasteiger partial charge on any atom is 0.253 e. The average molecular weight is 354 g/mol. The Morgan fingerprint density at radius 3 is 1.92 bits per heavy atom. The third-order valence-electron chi connectivity index (χ3n) is 6.96. The van der Waals surface area contributed by atoms with E-state index in [-0.39, 0.29) is 17.2 Å². The van der Waals surface area contributed by atoms with E-state index >= 15 is 0 Å². The highest BCUT2D eigenvalue weighted by Crippen LogP contribution is 2.60. The minimum Gasteiger partial charge on any atom is -0.339 e. The predicted octanol–water partition coefficient (Wildman–Crippen LogP) is 4.32. The van der Waals surface area contributed by atoms with Crippen molar-refractivity contribution in [1.82, 2.24) is 4.90 Å². The van der Waals surface area contributed by atoms with Gasteiger partial charge in [-0.3, -0.25) is 9.59 Å². The first-order valence-corrected chi connectivity index (χ1v) is 10.2. The summed E-state index contributed by atoms with van der Waals surface area (Å²) in [6.45, 7) is 5.39. The number of carbonyl (C=O) groups excluding carboxylic acids is 2. The second kappa shape index (κ2) is 6.71. The average Bonchev–Trinajstić information content (AvgIpc) is 2.62. The van der Waals surface area contributed by atoms with Gasteiger partial charge >= 0.3 is 0 Å². The van der Waals surface area contributed by atoms with Crippen LogP contribution in [-0.4, -0.2) is 29.8 Å². The van der Waals surface area contributed by atoms with Crippen LogP contribution in [0.3, 0.4) is 0 Å². The topological polar surface area (TPSA) is 49.4 Å². The summed E-state index contributed by atoms with van der Waals surface area (Å²) >= 11 is 0. The minimum atomic E-state index is -0.134. The molecule has 0 unspecified atom stereocenters. The molecule has 1 N–H and O–H groups in total. The Morgan fingerprint density at radius 1 is 0.962 bits per heavy atom. The highest BCUT2D eigenvalue weighted by Gasteiger charge is 2.54. The van der Waals surface area contributed by atoms with Crippen LogP contribution in [-0.2, 0) is 4.79 Å². The van der Waals surface area contributed by atoms with Crippen molar-refractivity contribution >= 4 is 17.5 Å². The first-order valence-electron chi connectivity index (χ1n) is 10.2. The van der Waals surface area contributed by atoms with E-state index in [1.807, 2.05) is 43.0 Å². The van der Waals surface area contributed by atoms with Crippen molar-refractivity contribution in [2.45, 2.75) is 52.4 Å². The van der Waals surface area contributed by atoms with Crippen molar-refractivity contribution in [2.75, 3.05) is 18.4 Å². The number of benzene rings is 1. The molecule has 1 aromatic rings. The van der Waals surface area contributed by atoms with Crippen LogP contribution in [0, 0.1) is 23.2 Å². The normalized spacial score (nSPS) is 31.7. The molecule has 4 bridgehead atoms. The van der Waals surface area contributed by atoms with E-state index in [1.54, 1.807) is 0 Å². The molecule has 1 aromatic carbocycles. The van der Waals surface area contributed by atoms with Gasteiger partial charge in [-0.1, -0.05) is 0 Å². The van der Waals surface area contributed by atoms with E-state index in [0.717, 1.165) is 42.7 Å². The van der Waals surface area contributed by atoms with E-state index in [4.69, 9.17) is 0 Å². The highest BCUT2D eigenvalue weighted by molar-refractivity contribution is 5.97. The molecule has 2 amide bonds. The Kier molecular flexibility index (Phi) is 4.54. The van der Waals surface area contributed by atoms with E-state index in [9.17, 15) is 9.59 Å². The number of carbonyl (C=O) groups is 2. The fraction of sp³-hybridized carbons (Fsp3) is 0.636. The fourth-order valence-electron chi connectivity index (χ4n) is 6.04. The number of anilines is 1. The summed E-state index contributed by atoms with van der Waals surface area (Å²) < 4.78 is 0. The van der Waals surface area contributed by atoms with Gasteiger partial charge in [0.2, 0.25) is 5.91 Å². The summed E-state index contributed by atoms with van der Waals surface area (Å²) in [4.78, 5) is 27.3. The van der Waals surface area contributed by atoms with Crippen molar-refractivity contribution in [3.63, 3.8) is 0 Å². The maximum atomic E-state index is 13.1. The maximum absolute atomic E-state index is 13.1. The number of hydrogen-bond donors (Lipinski definition) is 1. The fourth-order valence-corrected chi connectivity index (χ4v) is 6.04. The predicted molar refractivity (Wildman–Crippen MR) is 103 cm³/mol. The van der Waals surface area contributed by atoms with Crippen molar-refractivity contribution in [2.24, 2.45) is 23.2 Å². The molecule has 0 atom stereocenters. The van der Waals surface area contributed by atoms with Gasteiger partial charge in [-0.05, 0) is 94.4 Å². The van der Waals surface area contributed by atoms with Gasteiger partial charge in [-0.2, -0.15) is 0 Å². The summed E-state index contributed by atoms with van der Waals surface area (Å²) in [5, 5.41) is 3.16. The van der Waals surface area contributed by atoms with Crippen LogP contribution in [0.25, 0.3) is 0 Å². The Balaban J connectivity index is 1.44. The van der Waals surface area contributed by atoms with E-state index < -0.39 is 0 Å². The quantitative estimate of drug-likeness (QED) is 0.856. The lowest BCUT2D eigenvalue weighted by Crippen LogP contribution is -2.51. The molecule has 0 aliphatic heterocycles. The number of nitrogens with zero attached hydrogens (tertiary/aromatic N) is 1. The summed E-state index contributed by atoms with van der Waals surface area (Å²) in [6, 6.07) is 7.40. The molecule has 0 saturated heterocycles. The lowest BCUT2D eigenvalue weighted by atomic mass is 9.49.